The van der Waals surface area contributed by atoms with Crippen LogP contribution in [0.2, 0.25) is 0 Å². The van der Waals surface area contributed by atoms with E-state index in [2.05, 4.69) is 16.0 Å². The predicted octanol–water partition coefficient (Wildman–Crippen LogP) is -1.31. The van der Waals surface area contributed by atoms with Crippen molar-refractivity contribution in [1.82, 2.24) is 16.0 Å². The quantitative estimate of drug-likeness (QED) is 0.120. The lowest BCUT2D eigenvalue weighted by Gasteiger charge is -2.22. The summed E-state index contributed by atoms with van der Waals surface area (Å²) in [6.45, 7) is 0.429. The second-order valence-corrected chi connectivity index (χ2v) is 8.28. The average molecular weight is 495 g/mol. The summed E-state index contributed by atoms with van der Waals surface area (Å²) in [5.41, 5.74) is 17.6. The lowest BCUT2D eigenvalue weighted by Crippen LogP contribution is -2.53. The Morgan fingerprint density at radius 1 is 0.829 bits per heavy atom. The van der Waals surface area contributed by atoms with E-state index in [0.29, 0.717) is 38.8 Å². The topological polar surface area (TPSA) is 223 Å². The number of carbonyl (C=O) groups excluding carboxylic acids is 3. The Hall–Kier alpha value is -3.22. The second kappa shape index (κ2) is 16.4. The van der Waals surface area contributed by atoms with Gasteiger partial charge in [0.15, 0.2) is 0 Å². The second-order valence-electron chi connectivity index (χ2n) is 8.28. The van der Waals surface area contributed by atoms with Crippen LogP contribution in [0.1, 0.15) is 44.1 Å². The normalized spacial score (nSPS) is 13.3. The van der Waals surface area contributed by atoms with Gasteiger partial charge < -0.3 is 43.4 Å². The van der Waals surface area contributed by atoms with Crippen LogP contribution in [-0.2, 0) is 25.6 Å². The molecule has 0 bridgehead atoms. The van der Waals surface area contributed by atoms with Gasteiger partial charge in [-0.1, -0.05) is 12.1 Å². The molecular weight excluding hydrogens is 456 g/mol. The molecule has 1 aromatic rings. The first-order valence-electron chi connectivity index (χ1n) is 11.7. The largest absolute Gasteiger partial charge is 0.508 e. The van der Waals surface area contributed by atoms with E-state index in [1.807, 2.05) is 0 Å². The van der Waals surface area contributed by atoms with Gasteiger partial charge in [0, 0.05) is 0 Å². The molecule has 196 valence electrons. The van der Waals surface area contributed by atoms with Crippen LogP contribution in [0.25, 0.3) is 0 Å². The van der Waals surface area contributed by atoms with Crippen molar-refractivity contribution in [2.45, 2.75) is 63.1 Å². The average Bonchev–Trinajstić information content (AvgIpc) is 2.82. The van der Waals surface area contributed by atoms with Crippen LogP contribution in [0.3, 0.4) is 0 Å². The summed E-state index contributed by atoms with van der Waals surface area (Å²) >= 11 is 0. The smallest absolute Gasteiger partial charge is 0.326 e. The molecule has 0 radical (unpaired) electrons. The third kappa shape index (κ3) is 12.2. The van der Waals surface area contributed by atoms with Gasteiger partial charge in [-0.05, 0) is 75.7 Å². The number of rotatable bonds is 17. The number of phenols is 1. The molecule has 0 aliphatic rings. The number of nitrogens with two attached hydrogens (primary N) is 3. The number of aromatic hydroxyl groups is 1. The molecular formula is C23H38N6O6. The van der Waals surface area contributed by atoms with Crippen LogP contribution in [0.4, 0.5) is 0 Å². The standard InChI is InChI=1S/C23H38N6O6/c24-11-3-1-5-18(22(33)29-19(23(34)35)6-2-4-12-25)28-20(31)14-27-21(32)17(26)13-15-7-9-16(30)10-8-15/h7-10,17-19,30H,1-6,11-14,24-26H2,(H,27,32)(H,28,31)(H,29,33)(H,34,35). The maximum atomic E-state index is 12.7. The Labute approximate surface area is 205 Å². The van der Waals surface area contributed by atoms with Crippen LogP contribution >= 0.6 is 0 Å². The first-order chi connectivity index (χ1) is 16.7. The number of carbonyl (C=O) groups is 4. The van der Waals surface area contributed by atoms with Gasteiger partial charge >= 0.3 is 5.97 Å². The summed E-state index contributed by atoms with van der Waals surface area (Å²) in [5, 5.41) is 26.2. The van der Waals surface area contributed by atoms with E-state index in [9.17, 15) is 29.4 Å². The van der Waals surface area contributed by atoms with Crippen molar-refractivity contribution >= 4 is 23.7 Å². The van der Waals surface area contributed by atoms with E-state index < -0.39 is 48.4 Å². The van der Waals surface area contributed by atoms with E-state index in [-0.39, 0.29) is 25.0 Å². The fraction of sp³-hybridized carbons (Fsp3) is 0.565. The minimum Gasteiger partial charge on any atom is -0.508 e. The predicted molar refractivity (Wildman–Crippen MR) is 130 cm³/mol. The molecule has 12 heteroatoms. The van der Waals surface area contributed by atoms with Gasteiger partial charge in [-0.25, -0.2) is 4.79 Å². The van der Waals surface area contributed by atoms with Gasteiger partial charge in [0.05, 0.1) is 12.6 Å². The van der Waals surface area contributed by atoms with Crippen molar-refractivity contribution in [2.75, 3.05) is 19.6 Å². The minimum absolute atomic E-state index is 0.0960. The lowest BCUT2D eigenvalue weighted by molar-refractivity contribution is -0.142. The highest BCUT2D eigenvalue weighted by molar-refractivity contribution is 5.92. The zero-order valence-electron chi connectivity index (χ0n) is 19.9. The zero-order chi connectivity index (χ0) is 26.2. The van der Waals surface area contributed by atoms with Crippen molar-refractivity contribution in [3.63, 3.8) is 0 Å². The third-order valence-electron chi connectivity index (χ3n) is 5.31. The first kappa shape index (κ1) is 29.8. The molecule has 35 heavy (non-hydrogen) atoms. The molecule has 0 fully saturated rings. The fourth-order valence-corrected chi connectivity index (χ4v) is 3.31. The molecule has 3 unspecified atom stereocenters. The number of hydrogen-bond donors (Lipinski definition) is 8. The van der Waals surface area contributed by atoms with Crippen molar-refractivity contribution in [3.05, 3.63) is 29.8 Å². The number of carboxylic acids is 1. The molecule has 1 aromatic carbocycles. The molecule has 1 rings (SSSR count). The van der Waals surface area contributed by atoms with Crippen molar-refractivity contribution in [1.29, 1.82) is 0 Å². The minimum atomic E-state index is -1.17. The highest BCUT2D eigenvalue weighted by Crippen LogP contribution is 2.11. The summed E-state index contributed by atoms with van der Waals surface area (Å²) < 4.78 is 0. The van der Waals surface area contributed by atoms with E-state index in [1.54, 1.807) is 12.1 Å². The Morgan fingerprint density at radius 2 is 1.40 bits per heavy atom. The molecule has 3 atom stereocenters. The van der Waals surface area contributed by atoms with Gasteiger partial charge in [-0.2, -0.15) is 0 Å². The number of amides is 3. The number of unbranched alkanes of at least 4 members (excludes halogenated alkanes) is 2. The maximum Gasteiger partial charge on any atom is 0.326 e. The van der Waals surface area contributed by atoms with Gasteiger partial charge in [-0.3, -0.25) is 14.4 Å². The van der Waals surface area contributed by atoms with E-state index in [1.165, 1.54) is 12.1 Å². The molecule has 0 saturated carbocycles. The van der Waals surface area contributed by atoms with Crippen molar-refractivity contribution in [2.24, 2.45) is 17.2 Å². The van der Waals surface area contributed by atoms with Crippen LogP contribution in [0.5, 0.6) is 5.75 Å². The fourth-order valence-electron chi connectivity index (χ4n) is 3.31. The summed E-state index contributed by atoms with van der Waals surface area (Å²) in [5.74, 6) is -2.86. The van der Waals surface area contributed by atoms with Gasteiger partial charge in [0.2, 0.25) is 17.7 Å². The molecule has 3 amide bonds. The van der Waals surface area contributed by atoms with E-state index >= 15 is 0 Å². The van der Waals surface area contributed by atoms with E-state index in [4.69, 9.17) is 17.2 Å². The first-order valence-corrected chi connectivity index (χ1v) is 11.7. The Bertz CT molecular complexity index is 819. The molecule has 0 aliphatic heterocycles. The number of nitrogens with one attached hydrogen (secondary N) is 3. The lowest BCUT2D eigenvalue weighted by atomic mass is 10.1. The Balaban J connectivity index is 2.64. The molecule has 0 spiro atoms. The van der Waals surface area contributed by atoms with Crippen LogP contribution in [0.15, 0.2) is 24.3 Å². The summed E-state index contributed by atoms with van der Waals surface area (Å²) in [4.78, 5) is 48.9. The maximum absolute atomic E-state index is 12.7. The monoisotopic (exact) mass is 494 g/mol. The zero-order valence-corrected chi connectivity index (χ0v) is 19.9. The molecule has 11 N–H and O–H groups in total. The molecule has 0 aliphatic carbocycles. The van der Waals surface area contributed by atoms with Crippen LogP contribution < -0.4 is 33.2 Å². The molecule has 0 heterocycles. The SMILES string of the molecule is NCCCCC(NC(=O)C(CCCCN)NC(=O)CNC(=O)C(N)Cc1ccc(O)cc1)C(=O)O. The highest BCUT2D eigenvalue weighted by Gasteiger charge is 2.26. The molecule has 12 nitrogen and oxygen atoms in total. The highest BCUT2D eigenvalue weighted by atomic mass is 16.4. The number of aliphatic carboxylic acids is 1. The van der Waals surface area contributed by atoms with Crippen molar-refractivity contribution in [3.8, 4) is 5.75 Å². The summed E-state index contributed by atoms with van der Waals surface area (Å²) in [6.07, 6.45) is 3.03. The summed E-state index contributed by atoms with van der Waals surface area (Å²) in [6, 6.07) is 3.25. The van der Waals surface area contributed by atoms with Crippen LogP contribution in [0, 0.1) is 0 Å². The molecule has 0 aromatic heterocycles. The van der Waals surface area contributed by atoms with Crippen molar-refractivity contribution < 1.29 is 29.4 Å². The third-order valence-corrected chi connectivity index (χ3v) is 5.31. The molecule has 0 saturated heterocycles. The Morgan fingerprint density at radius 3 is 1.94 bits per heavy atom. The Kier molecular flexibility index (Phi) is 14.0. The number of phenolic OH excluding ortho intramolecular Hbond substituents is 1. The van der Waals surface area contributed by atoms with Gasteiger partial charge in [-0.15, -0.1) is 0 Å². The number of benzene rings is 1. The number of carboxylic acid groups (broad SMARTS) is 1. The number of hydrogen-bond acceptors (Lipinski definition) is 8. The van der Waals surface area contributed by atoms with E-state index in [0.717, 1.165) is 5.56 Å². The van der Waals surface area contributed by atoms with Crippen LogP contribution in [-0.4, -0.2) is 71.7 Å². The van der Waals surface area contributed by atoms with Gasteiger partial charge in [0.25, 0.3) is 0 Å². The summed E-state index contributed by atoms with van der Waals surface area (Å²) in [7, 11) is 0. The van der Waals surface area contributed by atoms with Gasteiger partial charge in [0.1, 0.15) is 17.8 Å².